The first kappa shape index (κ1) is 12.8. The van der Waals surface area contributed by atoms with Gasteiger partial charge in [0.05, 0.1) is 5.69 Å². The van der Waals surface area contributed by atoms with Gasteiger partial charge in [0, 0.05) is 18.8 Å². The molecule has 0 aliphatic heterocycles. The lowest BCUT2D eigenvalue weighted by atomic mass is 10.1. The van der Waals surface area contributed by atoms with Gasteiger partial charge in [-0.15, -0.1) is 0 Å². The molecule has 1 N–H and O–H groups in total. The van der Waals surface area contributed by atoms with Crippen LogP contribution in [0.5, 0.6) is 0 Å². The Labute approximate surface area is 109 Å². The predicted molar refractivity (Wildman–Crippen MR) is 75.4 cm³/mol. The van der Waals surface area contributed by atoms with Crippen molar-refractivity contribution in [1.29, 1.82) is 0 Å². The van der Waals surface area contributed by atoms with Crippen molar-refractivity contribution in [3.8, 4) is 0 Å². The van der Waals surface area contributed by atoms with E-state index in [1.54, 1.807) is 0 Å². The van der Waals surface area contributed by atoms with Crippen molar-refractivity contribution in [2.24, 2.45) is 0 Å². The summed E-state index contributed by atoms with van der Waals surface area (Å²) in [5.41, 5.74) is 5.09. The highest BCUT2D eigenvalue weighted by atomic mass is 14.9. The van der Waals surface area contributed by atoms with Gasteiger partial charge in [-0.3, -0.25) is 4.98 Å². The van der Waals surface area contributed by atoms with Crippen molar-refractivity contribution < 1.29 is 0 Å². The van der Waals surface area contributed by atoms with Crippen LogP contribution in [0, 0.1) is 13.8 Å². The Morgan fingerprint density at radius 3 is 2.67 bits per heavy atom. The van der Waals surface area contributed by atoms with E-state index >= 15 is 0 Å². The molecular formula is C16H20N2. The summed E-state index contributed by atoms with van der Waals surface area (Å²) in [6, 6.07) is 12.9. The first-order valence-corrected chi connectivity index (χ1v) is 6.37. The van der Waals surface area contributed by atoms with Gasteiger partial charge in [-0.25, -0.2) is 0 Å². The molecule has 0 amide bonds. The number of nitrogens with one attached hydrogen (secondary N) is 1. The van der Waals surface area contributed by atoms with E-state index in [1.165, 1.54) is 16.7 Å². The third-order valence-electron chi connectivity index (χ3n) is 3.23. The zero-order valence-corrected chi connectivity index (χ0v) is 11.3. The number of pyridine rings is 1. The monoisotopic (exact) mass is 240 g/mol. The summed E-state index contributed by atoms with van der Waals surface area (Å²) in [5, 5.41) is 3.51. The smallest absolute Gasteiger partial charge is 0.0570 e. The Bertz CT molecular complexity index is 506. The van der Waals surface area contributed by atoms with E-state index in [-0.39, 0.29) is 6.04 Å². The summed E-state index contributed by atoms with van der Waals surface area (Å²) in [7, 11) is 0. The van der Waals surface area contributed by atoms with Crippen LogP contribution in [0.4, 0.5) is 0 Å². The molecule has 0 aliphatic carbocycles. The molecule has 0 saturated carbocycles. The van der Waals surface area contributed by atoms with Crippen LogP contribution in [0.2, 0.25) is 0 Å². The largest absolute Gasteiger partial charge is 0.305 e. The molecule has 1 aromatic carbocycles. The maximum absolute atomic E-state index is 4.36. The highest BCUT2D eigenvalue weighted by Crippen LogP contribution is 2.13. The molecule has 2 aromatic rings. The molecule has 0 fully saturated rings. The Balaban J connectivity index is 1.99. The van der Waals surface area contributed by atoms with Crippen LogP contribution in [-0.4, -0.2) is 4.98 Å². The first-order valence-electron chi connectivity index (χ1n) is 6.37. The molecule has 94 valence electrons. The average molecular weight is 240 g/mol. The summed E-state index contributed by atoms with van der Waals surface area (Å²) < 4.78 is 0. The summed E-state index contributed by atoms with van der Waals surface area (Å²) >= 11 is 0. The molecule has 0 spiro atoms. The number of hydrogen-bond acceptors (Lipinski definition) is 2. The molecule has 1 atom stereocenters. The van der Waals surface area contributed by atoms with E-state index in [0.717, 1.165) is 12.2 Å². The molecule has 2 rings (SSSR count). The number of hydrogen-bond donors (Lipinski definition) is 1. The highest BCUT2D eigenvalue weighted by Gasteiger charge is 2.06. The lowest BCUT2D eigenvalue weighted by Crippen LogP contribution is -2.19. The zero-order valence-electron chi connectivity index (χ0n) is 11.3. The molecule has 2 nitrogen and oxygen atoms in total. The van der Waals surface area contributed by atoms with E-state index in [2.05, 4.69) is 55.3 Å². The van der Waals surface area contributed by atoms with Crippen molar-refractivity contribution in [2.75, 3.05) is 0 Å². The highest BCUT2D eigenvalue weighted by molar-refractivity contribution is 5.30. The van der Waals surface area contributed by atoms with E-state index in [4.69, 9.17) is 0 Å². The molecule has 0 aliphatic rings. The van der Waals surface area contributed by atoms with Crippen LogP contribution in [0.15, 0.2) is 42.6 Å². The van der Waals surface area contributed by atoms with Gasteiger partial charge < -0.3 is 5.32 Å². The van der Waals surface area contributed by atoms with Gasteiger partial charge in [0.15, 0.2) is 0 Å². The number of nitrogens with zero attached hydrogens (tertiary/aromatic N) is 1. The van der Waals surface area contributed by atoms with Crippen LogP contribution in [0.3, 0.4) is 0 Å². The van der Waals surface area contributed by atoms with Gasteiger partial charge in [0.1, 0.15) is 0 Å². The van der Waals surface area contributed by atoms with Gasteiger partial charge in [0.2, 0.25) is 0 Å². The van der Waals surface area contributed by atoms with Gasteiger partial charge in [-0.2, -0.15) is 0 Å². The molecular weight excluding hydrogens is 220 g/mol. The van der Waals surface area contributed by atoms with E-state index in [0.29, 0.717) is 0 Å². The predicted octanol–water partition coefficient (Wildman–Crippen LogP) is 3.55. The number of aromatic nitrogens is 1. The molecule has 0 bridgehead atoms. The Hall–Kier alpha value is -1.67. The van der Waals surface area contributed by atoms with E-state index in [9.17, 15) is 0 Å². The van der Waals surface area contributed by atoms with Crippen molar-refractivity contribution in [3.63, 3.8) is 0 Å². The minimum absolute atomic E-state index is 0.270. The van der Waals surface area contributed by atoms with Crippen LogP contribution in [0.25, 0.3) is 0 Å². The number of aryl methyl sites for hydroxylation is 2. The average Bonchev–Trinajstić information content (AvgIpc) is 2.38. The second-order valence-electron chi connectivity index (χ2n) is 4.79. The van der Waals surface area contributed by atoms with Gasteiger partial charge in [-0.1, -0.05) is 29.8 Å². The molecule has 1 heterocycles. The third-order valence-corrected chi connectivity index (χ3v) is 3.23. The number of rotatable bonds is 4. The Kier molecular flexibility index (Phi) is 4.11. The molecule has 2 heteroatoms. The third kappa shape index (κ3) is 3.17. The standard InChI is InChI=1S/C16H20N2/c1-12-7-8-15(13(2)10-12)11-18-14(3)16-6-4-5-9-17-16/h4-10,14,18H,11H2,1-3H3/t14-/m0/s1. The van der Waals surface area contributed by atoms with Crippen LogP contribution < -0.4 is 5.32 Å². The van der Waals surface area contributed by atoms with Gasteiger partial charge >= 0.3 is 0 Å². The van der Waals surface area contributed by atoms with Crippen LogP contribution >= 0.6 is 0 Å². The molecule has 0 radical (unpaired) electrons. The van der Waals surface area contributed by atoms with Crippen LogP contribution in [-0.2, 0) is 6.54 Å². The lowest BCUT2D eigenvalue weighted by Gasteiger charge is -2.14. The zero-order chi connectivity index (χ0) is 13.0. The molecule has 0 unspecified atom stereocenters. The van der Waals surface area contributed by atoms with Crippen molar-refractivity contribution >= 4 is 0 Å². The number of benzene rings is 1. The fourth-order valence-corrected chi connectivity index (χ4v) is 2.04. The van der Waals surface area contributed by atoms with E-state index < -0.39 is 0 Å². The normalized spacial score (nSPS) is 12.4. The minimum Gasteiger partial charge on any atom is -0.305 e. The molecule has 18 heavy (non-hydrogen) atoms. The van der Waals surface area contributed by atoms with Gasteiger partial charge in [-0.05, 0) is 44.0 Å². The van der Waals surface area contributed by atoms with E-state index in [1.807, 2.05) is 18.3 Å². The molecule has 1 aromatic heterocycles. The summed E-state index contributed by atoms with van der Waals surface area (Å²) in [6.45, 7) is 7.31. The molecule has 0 saturated heterocycles. The maximum Gasteiger partial charge on any atom is 0.0570 e. The second-order valence-corrected chi connectivity index (χ2v) is 4.79. The SMILES string of the molecule is Cc1ccc(CN[C@@H](C)c2ccccn2)c(C)c1. The summed E-state index contributed by atoms with van der Waals surface area (Å²) in [5.74, 6) is 0. The summed E-state index contributed by atoms with van der Waals surface area (Å²) in [6.07, 6.45) is 1.84. The fourth-order valence-electron chi connectivity index (χ4n) is 2.04. The Morgan fingerprint density at radius 2 is 2.00 bits per heavy atom. The lowest BCUT2D eigenvalue weighted by molar-refractivity contribution is 0.560. The van der Waals surface area contributed by atoms with Crippen molar-refractivity contribution in [2.45, 2.75) is 33.4 Å². The topological polar surface area (TPSA) is 24.9 Å². The summed E-state index contributed by atoms with van der Waals surface area (Å²) in [4.78, 5) is 4.36. The Morgan fingerprint density at radius 1 is 1.17 bits per heavy atom. The van der Waals surface area contributed by atoms with Crippen molar-refractivity contribution in [3.05, 3.63) is 65.0 Å². The van der Waals surface area contributed by atoms with Crippen LogP contribution in [0.1, 0.15) is 35.3 Å². The fraction of sp³-hybridized carbons (Fsp3) is 0.312. The first-order chi connectivity index (χ1) is 8.66. The maximum atomic E-state index is 4.36. The van der Waals surface area contributed by atoms with Gasteiger partial charge in [0.25, 0.3) is 0 Å². The minimum atomic E-state index is 0.270. The quantitative estimate of drug-likeness (QED) is 0.884. The van der Waals surface area contributed by atoms with Crippen molar-refractivity contribution in [1.82, 2.24) is 10.3 Å². The second kappa shape index (κ2) is 5.78.